The molecule has 2 aromatic heterocycles. The summed E-state index contributed by atoms with van der Waals surface area (Å²) in [6.45, 7) is 7.09. The van der Waals surface area contributed by atoms with Crippen molar-refractivity contribution in [3.8, 4) is 0 Å². The number of thiophene rings is 1. The molecule has 1 atom stereocenters. The number of H-pyrrole nitrogens is 1. The zero-order valence-corrected chi connectivity index (χ0v) is 14.5. The number of aromatic nitrogens is 2. The first-order valence-electron chi connectivity index (χ1n) is 8.16. The first-order chi connectivity index (χ1) is 10.8. The fraction of sp³-hybridized carbons (Fsp3) is 0.588. The van der Waals surface area contributed by atoms with Crippen molar-refractivity contribution in [1.29, 1.82) is 0 Å². The molecule has 1 aliphatic carbocycles. The van der Waals surface area contributed by atoms with Gasteiger partial charge in [0.15, 0.2) is 0 Å². The summed E-state index contributed by atoms with van der Waals surface area (Å²) in [4.78, 5) is 36.1. The second-order valence-electron chi connectivity index (χ2n) is 7.71. The predicted octanol–water partition coefficient (Wildman–Crippen LogP) is 2.76. The van der Waals surface area contributed by atoms with Gasteiger partial charge in [0.1, 0.15) is 10.7 Å². The minimum Gasteiger partial charge on any atom is -0.339 e. The Labute approximate surface area is 138 Å². The Kier molecular flexibility index (Phi) is 3.17. The van der Waals surface area contributed by atoms with Crippen LogP contribution < -0.4 is 5.56 Å². The highest BCUT2D eigenvalue weighted by Gasteiger charge is 2.40. The summed E-state index contributed by atoms with van der Waals surface area (Å²) in [5.41, 5.74) is -0.0848. The molecule has 1 N–H and O–H groups in total. The van der Waals surface area contributed by atoms with E-state index in [1.807, 2.05) is 11.0 Å². The maximum absolute atomic E-state index is 12.4. The molecule has 1 aliphatic heterocycles. The number of aromatic amines is 1. The fourth-order valence-corrected chi connectivity index (χ4v) is 4.26. The number of rotatable bonds is 2. The Morgan fingerprint density at radius 2 is 2.04 bits per heavy atom. The van der Waals surface area contributed by atoms with Crippen LogP contribution in [0.1, 0.15) is 56.7 Å². The first-order valence-corrected chi connectivity index (χ1v) is 8.98. The minimum absolute atomic E-state index is 0.00403. The van der Waals surface area contributed by atoms with E-state index in [4.69, 9.17) is 0 Å². The van der Waals surface area contributed by atoms with Gasteiger partial charge in [-0.25, -0.2) is 4.98 Å². The number of likely N-dealkylation sites (tertiary alicyclic amines) is 1. The number of carbonyl (C=O) groups excluding carboxylic acids is 1. The molecule has 0 spiro atoms. The molecule has 0 aromatic carbocycles. The zero-order valence-electron chi connectivity index (χ0n) is 13.7. The summed E-state index contributed by atoms with van der Waals surface area (Å²) in [5.74, 6) is 0.878. The Hall–Kier alpha value is -1.69. The topological polar surface area (TPSA) is 66.1 Å². The van der Waals surface area contributed by atoms with Crippen molar-refractivity contribution in [3.63, 3.8) is 0 Å². The number of fused-ring (bicyclic) bond motifs is 1. The van der Waals surface area contributed by atoms with E-state index in [0.717, 1.165) is 22.5 Å². The number of nitrogens with one attached hydrogen (secondary N) is 1. The van der Waals surface area contributed by atoms with E-state index in [-0.39, 0.29) is 22.8 Å². The lowest BCUT2D eigenvalue weighted by Crippen LogP contribution is -2.27. The molecule has 1 saturated heterocycles. The molecule has 4 rings (SSSR count). The summed E-state index contributed by atoms with van der Waals surface area (Å²) in [5, 5.41) is 0.659. The molecule has 2 aliphatic rings. The van der Waals surface area contributed by atoms with Crippen LogP contribution in [0.4, 0.5) is 0 Å². The average Bonchev–Trinajstić information content (AvgIpc) is 3.06. The monoisotopic (exact) mass is 331 g/mol. The van der Waals surface area contributed by atoms with E-state index >= 15 is 0 Å². The van der Waals surface area contributed by atoms with Crippen molar-refractivity contribution in [2.75, 3.05) is 6.54 Å². The predicted molar refractivity (Wildman–Crippen MR) is 91.0 cm³/mol. The van der Waals surface area contributed by atoms with E-state index in [1.165, 1.54) is 0 Å². The zero-order chi connectivity index (χ0) is 16.4. The quantitative estimate of drug-likeness (QED) is 0.920. The lowest BCUT2D eigenvalue weighted by atomic mass is 9.94. The Morgan fingerprint density at radius 1 is 1.30 bits per heavy atom. The third kappa shape index (κ3) is 2.59. The third-order valence-corrected chi connectivity index (χ3v) is 6.15. The molecule has 1 saturated carbocycles. The molecule has 3 heterocycles. The molecular formula is C17H21N3O2S. The lowest BCUT2D eigenvalue weighted by Gasteiger charge is -2.15. The third-order valence-electron chi connectivity index (χ3n) is 4.69. The van der Waals surface area contributed by atoms with E-state index in [1.54, 1.807) is 11.3 Å². The van der Waals surface area contributed by atoms with Crippen LogP contribution in [0.15, 0.2) is 10.9 Å². The molecule has 6 heteroatoms. The van der Waals surface area contributed by atoms with Gasteiger partial charge in [0.05, 0.1) is 5.39 Å². The fourth-order valence-electron chi connectivity index (χ4n) is 3.16. The van der Waals surface area contributed by atoms with Gasteiger partial charge in [-0.2, -0.15) is 0 Å². The number of nitrogens with zero attached hydrogens (tertiary/aromatic N) is 2. The molecule has 0 radical (unpaired) electrons. The lowest BCUT2D eigenvalue weighted by molar-refractivity contribution is -0.128. The summed E-state index contributed by atoms with van der Waals surface area (Å²) < 4.78 is 0. The van der Waals surface area contributed by atoms with Gasteiger partial charge >= 0.3 is 0 Å². The molecule has 1 amide bonds. The van der Waals surface area contributed by atoms with Crippen LogP contribution in [0.3, 0.4) is 0 Å². The summed E-state index contributed by atoms with van der Waals surface area (Å²) in [6, 6.07) is 2.38. The standard InChI is InChI=1S/C17H21N3O2S/c1-17(2,3)12-7-11-15(22)18-14(19-16(11)23-12)9-6-13(21)20(8-9)10-4-5-10/h7,9-10H,4-6,8H2,1-3H3,(H,18,19,22). The van der Waals surface area contributed by atoms with Crippen molar-refractivity contribution in [1.82, 2.24) is 14.9 Å². The van der Waals surface area contributed by atoms with E-state index in [9.17, 15) is 9.59 Å². The highest BCUT2D eigenvalue weighted by Crippen LogP contribution is 2.36. The SMILES string of the molecule is CC(C)(C)c1cc2c(=O)[nH]c(C3CC(=O)N(C4CC4)C3)nc2s1. The van der Waals surface area contributed by atoms with Crippen LogP contribution in [0.5, 0.6) is 0 Å². The number of amides is 1. The molecule has 1 unspecified atom stereocenters. The van der Waals surface area contributed by atoms with E-state index in [2.05, 4.69) is 30.7 Å². The van der Waals surface area contributed by atoms with Crippen LogP contribution in [-0.4, -0.2) is 33.4 Å². The molecular weight excluding hydrogens is 310 g/mol. The van der Waals surface area contributed by atoms with Crippen LogP contribution in [0.25, 0.3) is 10.2 Å². The van der Waals surface area contributed by atoms with Gasteiger partial charge in [-0.3, -0.25) is 9.59 Å². The van der Waals surface area contributed by atoms with Crippen LogP contribution in [0, 0.1) is 0 Å². The maximum atomic E-state index is 12.4. The van der Waals surface area contributed by atoms with Crippen LogP contribution in [-0.2, 0) is 10.2 Å². The van der Waals surface area contributed by atoms with Gasteiger partial charge in [-0.1, -0.05) is 20.8 Å². The van der Waals surface area contributed by atoms with Crippen LogP contribution >= 0.6 is 11.3 Å². The average molecular weight is 331 g/mol. The molecule has 2 fully saturated rings. The molecule has 0 bridgehead atoms. The largest absolute Gasteiger partial charge is 0.339 e. The molecule has 23 heavy (non-hydrogen) atoms. The van der Waals surface area contributed by atoms with Gasteiger partial charge in [-0.05, 0) is 24.3 Å². The minimum atomic E-state index is -0.0888. The second-order valence-corrected chi connectivity index (χ2v) is 8.74. The second kappa shape index (κ2) is 4.90. The number of hydrogen-bond donors (Lipinski definition) is 1. The van der Waals surface area contributed by atoms with Gasteiger partial charge in [0, 0.05) is 29.8 Å². The maximum Gasteiger partial charge on any atom is 0.259 e. The normalized spacial score (nSPS) is 22.3. The Balaban J connectivity index is 1.71. The van der Waals surface area contributed by atoms with Crippen molar-refractivity contribution < 1.29 is 4.79 Å². The Bertz CT molecular complexity index is 842. The van der Waals surface area contributed by atoms with Crippen molar-refractivity contribution >= 4 is 27.5 Å². The highest BCUT2D eigenvalue weighted by atomic mass is 32.1. The van der Waals surface area contributed by atoms with Gasteiger partial charge in [-0.15, -0.1) is 11.3 Å². The van der Waals surface area contributed by atoms with Gasteiger partial charge in [0.25, 0.3) is 5.56 Å². The van der Waals surface area contributed by atoms with Crippen molar-refractivity contribution in [2.45, 2.75) is 57.4 Å². The van der Waals surface area contributed by atoms with Crippen LogP contribution in [0.2, 0.25) is 0 Å². The van der Waals surface area contributed by atoms with Gasteiger partial charge < -0.3 is 9.88 Å². The van der Waals surface area contributed by atoms with E-state index in [0.29, 0.717) is 30.2 Å². The molecule has 5 nitrogen and oxygen atoms in total. The van der Waals surface area contributed by atoms with Gasteiger partial charge in [0.2, 0.25) is 5.91 Å². The number of carbonyl (C=O) groups is 1. The summed E-state index contributed by atoms with van der Waals surface area (Å²) in [7, 11) is 0. The summed E-state index contributed by atoms with van der Waals surface area (Å²) in [6.07, 6.45) is 2.69. The first kappa shape index (κ1) is 14.9. The molecule has 122 valence electrons. The number of hydrogen-bond acceptors (Lipinski definition) is 4. The van der Waals surface area contributed by atoms with Crippen molar-refractivity contribution in [3.05, 3.63) is 27.1 Å². The van der Waals surface area contributed by atoms with Crippen molar-refractivity contribution in [2.24, 2.45) is 0 Å². The smallest absolute Gasteiger partial charge is 0.259 e. The summed E-state index contributed by atoms with van der Waals surface area (Å²) >= 11 is 1.58. The van der Waals surface area contributed by atoms with E-state index < -0.39 is 0 Å². The molecule has 2 aromatic rings. The Morgan fingerprint density at radius 3 is 2.70 bits per heavy atom. The highest BCUT2D eigenvalue weighted by molar-refractivity contribution is 7.18.